The molecule has 18 heavy (non-hydrogen) atoms. The van der Waals surface area contributed by atoms with Crippen molar-refractivity contribution in [3.63, 3.8) is 0 Å². The summed E-state index contributed by atoms with van der Waals surface area (Å²) in [4.78, 5) is 4.36. The molecule has 2 N–H and O–H groups in total. The van der Waals surface area contributed by atoms with E-state index < -0.39 is 0 Å². The van der Waals surface area contributed by atoms with Crippen molar-refractivity contribution in [1.29, 1.82) is 0 Å². The van der Waals surface area contributed by atoms with E-state index in [1.807, 2.05) is 48.6 Å². The molecule has 0 radical (unpaired) electrons. The summed E-state index contributed by atoms with van der Waals surface area (Å²) in [5.74, 6) is 0.583. The molecule has 0 unspecified atom stereocenters. The minimum absolute atomic E-state index is 0.583. The lowest BCUT2D eigenvalue weighted by atomic mass is 10.2. The second-order valence-electron chi connectivity index (χ2n) is 4.02. The fourth-order valence-corrected chi connectivity index (χ4v) is 1.77. The predicted octanol–water partition coefficient (Wildman–Crippen LogP) is 3.58. The van der Waals surface area contributed by atoms with Crippen molar-refractivity contribution in [2.75, 3.05) is 5.73 Å². The van der Waals surface area contributed by atoms with Crippen molar-refractivity contribution in [1.82, 2.24) is 4.98 Å². The number of oxazole rings is 1. The predicted molar refractivity (Wildman–Crippen MR) is 73.8 cm³/mol. The number of aromatic nitrogens is 1. The van der Waals surface area contributed by atoms with Gasteiger partial charge in [-0.05, 0) is 29.8 Å². The molecule has 0 spiro atoms. The molecule has 3 nitrogen and oxygen atoms in total. The number of rotatable bonds is 2. The van der Waals surface area contributed by atoms with Gasteiger partial charge in [-0.1, -0.05) is 30.3 Å². The highest BCUT2D eigenvalue weighted by Gasteiger charge is 2.02. The lowest BCUT2D eigenvalue weighted by Crippen LogP contribution is -1.82. The van der Waals surface area contributed by atoms with E-state index in [2.05, 4.69) is 4.98 Å². The first-order chi connectivity index (χ1) is 8.81. The third-order valence-electron chi connectivity index (χ3n) is 2.65. The molecule has 88 valence electrons. The second-order valence-corrected chi connectivity index (χ2v) is 4.02. The van der Waals surface area contributed by atoms with Gasteiger partial charge in [-0.25, -0.2) is 4.98 Å². The molecule has 0 saturated heterocycles. The number of nitrogen functional groups attached to an aromatic ring is 1. The molecule has 3 heteroatoms. The van der Waals surface area contributed by atoms with Gasteiger partial charge in [0.25, 0.3) is 0 Å². The normalized spacial score (nSPS) is 11.3. The zero-order valence-corrected chi connectivity index (χ0v) is 9.71. The average molecular weight is 236 g/mol. The van der Waals surface area contributed by atoms with Crippen LogP contribution >= 0.6 is 0 Å². The van der Waals surface area contributed by atoms with Crippen LogP contribution in [-0.4, -0.2) is 4.98 Å². The topological polar surface area (TPSA) is 52.0 Å². The lowest BCUT2D eigenvalue weighted by molar-refractivity contribution is 0.590. The molecule has 1 heterocycles. The van der Waals surface area contributed by atoms with E-state index in [1.165, 1.54) is 0 Å². The summed E-state index contributed by atoms with van der Waals surface area (Å²) in [7, 11) is 0. The standard InChI is InChI=1S/C15H12N2O/c16-12-7-8-14-13(10-12)17-15(18-14)9-6-11-4-2-1-3-5-11/h1-10H,16H2. The Balaban J connectivity index is 1.93. The fraction of sp³-hybridized carbons (Fsp3) is 0. The van der Waals surface area contributed by atoms with Crippen LogP contribution in [0.2, 0.25) is 0 Å². The maximum absolute atomic E-state index is 5.70. The first kappa shape index (κ1) is 10.6. The molecule has 0 amide bonds. The molecule has 0 atom stereocenters. The van der Waals surface area contributed by atoms with Crippen molar-refractivity contribution < 1.29 is 4.42 Å². The highest BCUT2D eigenvalue weighted by Crippen LogP contribution is 2.19. The first-order valence-corrected chi connectivity index (χ1v) is 5.70. The van der Waals surface area contributed by atoms with E-state index in [0.717, 1.165) is 16.7 Å². The number of nitrogens with two attached hydrogens (primary N) is 1. The van der Waals surface area contributed by atoms with E-state index in [0.29, 0.717) is 11.6 Å². The van der Waals surface area contributed by atoms with Crippen molar-refractivity contribution in [2.45, 2.75) is 0 Å². The van der Waals surface area contributed by atoms with Gasteiger partial charge < -0.3 is 10.2 Å². The van der Waals surface area contributed by atoms with E-state index in [1.54, 1.807) is 12.1 Å². The van der Waals surface area contributed by atoms with Crippen LogP contribution in [0.3, 0.4) is 0 Å². The quantitative estimate of drug-likeness (QED) is 0.692. The molecule has 0 fully saturated rings. The van der Waals surface area contributed by atoms with E-state index in [-0.39, 0.29) is 0 Å². The highest BCUT2D eigenvalue weighted by molar-refractivity contribution is 5.79. The van der Waals surface area contributed by atoms with Crippen molar-refractivity contribution in [3.05, 3.63) is 60.0 Å². The minimum atomic E-state index is 0.583. The second kappa shape index (κ2) is 4.37. The Morgan fingerprint density at radius 3 is 2.67 bits per heavy atom. The average Bonchev–Trinajstić information content (AvgIpc) is 2.79. The fourth-order valence-electron chi connectivity index (χ4n) is 1.77. The maximum atomic E-state index is 5.70. The number of benzene rings is 2. The molecular formula is C15H12N2O. The molecule has 2 aromatic carbocycles. The molecule has 0 saturated carbocycles. The highest BCUT2D eigenvalue weighted by atomic mass is 16.3. The van der Waals surface area contributed by atoms with Crippen molar-refractivity contribution >= 4 is 28.9 Å². The molecule has 3 rings (SSSR count). The van der Waals surface area contributed by atoms with Gasteiger partial charge in [0.1, 0.15) is 5.52 Å². The van der Waals surface area contributed by atoms with Gasteiger partial charge in [0.2, 0.25) is 5.89 Å². The van der Waals surface area contributed by atoms with Crippen molar-refractivity contribution in [2.24, 2.45) is 0 Å². The summed E-state index contributed by atoms with van der Waals surface area (Å²) in [6.07, 6.45) is 3.82. The maximum Gasteiger partial charge on any atom is 0.220 e. The molecule has 3 aromatic rings. The van der Waals surface area contributed by atoms with Gasteiger partial charge in [-0.2, -0.15) is 0 Å². The van der Waals surface area contributed by atoms with Crippen molar-refractivity contribution in [3.8, 4) is 0 Å². The molecule has 1 aromatic heterocycles. The van der Waals surface area contributed by atoms with Crippen LogP contribution in [0, 0.1) is 0 Å². The van der Waals surface area contributed by atoms with Gasteiger partial charge in [-0.15, -0.1) is 0 Å². The number of nitrogens with zero attached hydrogens (tertiary/aromatic N) is 1. The Bertz CT molecular complexity index is 699. The van der Waals surface area contributed by atoms with Crippen LogP contribution in [-0.2, 0) is 0 Å². The molecule has 0 bridgehead atoms. The Kier molecular flexibility index (Phi) is 2.57. The molecular weight excluding hydrogens is 224 g/mol. The summed E-state index contributed by atoms with van der Waals surface area (Å²) in [6, 6.07) is 15.5. The zero-order chi connectivity index (χ0) is 12.4. The summed E-state index contributed by atoms with van der Waals surface area (Å²) >= 11 is 0. The van der Waals surface area contributed by atoms with Crippen LogP contribution in [0.1, 0.15) is 11.5 Å². The van der Waals surface area contributed by atoms with Crippen LogP contribution in [0.25, 0.3) is 23.3 Å². The van der Waals surface area contributed by atoms with Gasteiger partial charge in [0, 0.05) is 11.8 Å². The molecule has 0 aliphatic rings. The third-order valence-corrected chi connectivity index (χ3v) is 2.65. The van der Waals surface area contributed by atoms with E-state index in [9.17, 15) is 0 Å². The van der Waals surface area contributed by atoms with Crippen LogP contribution in [0.5, 0.6) is 0 Å². The number of hydrogen-bond donors (Lipinski definition) is 1. The Hall–Kier alpha value is -2.55. The number of hydrogen-bond acceptors (Lipinski definition) is 3. The number of anilines is 1. The summed E-state index contributed by atoms with van der Waals surface area (Å²) in [6.45, 7) is 0. The summed E-state index contributed by atoms with van der Waals surface area (Å²) in [5, 5.41) is 0. The minimum Gasteiger partial charge on any atom is -0.437 e. The van der Waals surface area contributed by atoms with Gasteiger partial charge in [0.05, 0.1) is 0 Å². The Labute approximate surface area is 105 Å². The molecule has 0 aliphatic heterocycles. The SMILES string of the molecule is Nc1ccc2oc(C=Cc3ccccc3)nc2c1. The van der Waals surface area contributed by atoms with E-state index >= 15 is 0 Å². The Morgan fingerprint density at radius 1 is 1.00 bits per heavy atom. The smallest absolute Gasteiger partial charge is 0.220 e. The van der Waals surface area contributed by atoms with Crippen LogP contribution < -0.4 is 5.73 Å². The summed E-state index contributed by atoms with van der Waals surface area (Å²) in [5.41, 5.74) is 9.03. The summed E-state index contributed by atoms with van der Waals surface area (Å²) < 4.78 is 5.59. The largest absolute Gasteiger partial charge is 0.437 e. The van der Waals surface area contributed by atoms with Gasteiger partial charge in [-0.3, -0.25) is 0 Å². The lowest BCUT2D eigenvalue weighted by Gasteiger charge is -1.89. The zero-order valence-electron chi connectivity index (χ0n) is 9.71. The van der Waals surface area contributed by atoms with Crippen LogP contribution in [0.4, 0.5) is 5.69 Å². The number of fused-ring (bicyclic) bond motifs is 1. The first-order valence-electron chi connectivity index (χ1n) is 5.70. The third kappa shape index (κ3) is 2.11. The van der Waals surface area contributed by atoms with Crippen LogP contribution in [0.15, 0.2) is 52.9 Å². The molecule has 0 aliphatic carbocycles. The Morgan fingerprint density at radius 2 is 1.83 bits per heavy atom. The monoisotopic (exact) mass is 236 g/mol. The van der Waals surface area contributed by atoms with Gasteiger partial charge in [0.15, 0.2) is 5.58 Å². The van der Waals surface area contributed by atoms with E-state index in [4.69, 9.17) is 10.2 Å². The van der Waals surface area contributed by atoms with Gasteiger partial charge >= 0.3 is 0 Å².